The molecule has 0 saturated heterocycles. The number of hydrogen-bond acceptors (Lipinski definition) is 4. The van der Waals surface area contributed by atoms with E-state index in [2.05, 4.69) is 23.9 Å². The third-order valence-corrected chi connectivity index (χ3v) is 6.13. The average Bonchev–Trinajstić information content (AvgIpc) is 2.67. The van der Waals surface area contributed by atoms with Gasteiger partial charge in [-0.15, -0.1) is 0 Å². The van der Waals surface area contributed by atoms with Crippen LogP contribution in [0.1, 0.15) is 67.6 Å². The average molecular weight is 417 g/mol. The van der Waals surface area contributed by atoms with Gasteiger partial charge in [-0.1, -0.05) is 50.2 Å². The number of carbonyl (C=O) groups excluding carboxylic acids is 2. The molecule has 0 radical (unpaired) electrons. The van der Waals surface area contributed by atoms with Gasteiger partial charge in [0.1, 0.15) is 0 Å². The molecule has 0 saturated carbocycles. The van der Waals surface area contributed by atoms with Crippen molar-refractivity contribution in [3.63, 3.8) is 0 Å². The molecule has 2 aromatic carbocycles. The molecule has 0 heterocycles. The Hall–Kier alpha value is -2.51. The highest BCUT2D eigenvalue weighted by Gasteiger charge is 2.16. The third-order valence-electron chi connectivity index (χ3n) is 4.68. The highest BCUT2D eigenvalue weighted by molar-refractivity contribution is 7.89. The number of amides is 1. The van der Waals surface area contributed by atoms with Crippen LogP contribution in [0.2, 0.25) is 0 Å². The number of nitrogens with one attached hydrogen (secondary N) is 2. The molecule has 0 aliphatic carbocycles. The van der Waals surface area contributed by atoms with Gasteiger partial charge in [-0.05, 0) is 43.0 Å². The fraction of sp³-hybridized carbons (Fsp3) is 0.364. The number of sulfonamides is 1. The van der Waals surface area contributed by atoms with Crippen molar-refractivity contribution in [2.24, 2.45) is 0 Å². The zero-order valence-electron chi connectivity index (χ0n) is 17.2. The summed E-state index contributed by atoms with van der Waals surface area (Å²) in [5.74, 6) is -0.0134. The highest BCUT2D eigenvalue weighted by Crippen LogP contribution is 2.18. The fourth-order valence-electron chi connectivity index (χ4n) is 2.83. The Kier molecular flexibility index (Phi) is 7.70. The summed E-state index contributed by atoms with van der Waals surface area (Å²) in [7, 11) is -3.79. The van der Waals surface area contributed by atoms with Crippen LogP contribution in [0, 0.1) is 0 Å². The number of benzene rings is 2. The number of rotatable bonds is 9. The maximum absolute atomic E-state index is 12.4. The Balaban J connectivity index is 1.88. The van der Waals surface area contributed by atoms with Crippen LogP contribution < -0.4 is 10.0 Å². The molecule has 0 aromatic heterocycles. The van der Waals surface area contributed by atoms with E-state index in [-0.39, 0.29) is 35.6 Å². The monoisotopic (exact) mass is 416 g/mol. The summed E-state index contributed by atoms with van der Waals surface area (Å²) in [6.07, 6.45) is 0.0139. The number of hydrogen-bond donors (Lipinski definition) is 2. The molecule has 0 fully saturated rings. The molecular formula is C22H28N2O4S. The van der Waals surface area contributed by atoms with Crippen molar-refractivity contribution in [3.05, 3.63) is 65.2 Å². The smallest absolute Gasteiger partial charge is 0.240 e. The normalized spacial score (nSPS) is 12.6. The van der Waals surface area contributed by atoms with Gasteiger partial charge in [0.05, 0.1) is 10.9 Å². The molecule has 29 heavy (non-hydrogen) atoms. The van der Waals surface area contributed by atoms with Gasteiger partial charge in [-0.2, -0.15) is 0 Å². The summed E-state index contributed by atoms with van der Waals surface area (Å²) in [5, 5.41) is 2.88. The molecule has 7 heteroatoms. The van der Waals surface area contributed by atoms with Crippen molar-refractivity contribution in [2.75, 3.05) is 6.54 Å². The fourth-order valence-corrected chi connectivity index (χ4v) is 3.91. The first kappa shape index (κ1) is 22.8. The molecule has 156 valence electrons. The Morgan fingerprint density at radius 3 is 2.17 bits per heavy atom. The molecule has 0 aliphatic heterocycles. The summed E-state index contributed by atoms with van der Waals surface area (Å²) in [6.45, 7) is 7.48. The summed E-state index contributed by atoms with van der Waals surface area (Å²) < 4.78 is 27.1. The lowest BCUT2D eigenvalue weighted by atomic mass is 9.99. The van der Waals surface area contributed by atoms with Gasteiger partial charge < -0.3 is 5.32 Å². The van der Waals surface area contributed by atoms with Crippen LogP contribution in [0.4, 0.5) is 0 Å². The minimum atomic E-state index is -3.79. The zero-order valence-corrected chi connectivity index (χ0v) is 18.0. The molecular weight excluding hydrogens is 388 g/mol. The highest BCUT2D eigenvalue weighted by atomic mass is 32.2. The minimum Gasteiger partial charge on any atom is -0.350 e. The maximum Gasteiger partial charge on any atom is 0.240 e. The SMILES string of the molecule is CC(=O)c1cccc(S(=O)(=O)NCCC(=O)N[C@@H](C)c2ccc(C(C)C)cc2)c1. The van der Waals surface area contributed by atoms with Crippen molar-refractivity contribution < 1.29 is 18.0 Å². The van der Waals surface area contributed by atoms with Gasteiger partial charge in [-0.3, -0.25) is 9.59 Å². The van der Waals surface area contributed by atoms with Gasteiger partial charge in [-0.25, -0.2) is 13.1 Å². The van der Waals surface area contributed by atoms with Gasteiger partial charge in [0.25, 0.3) is 0 Å². The second-order valence-electron chi connectivity index (χ2n) is 7.34. The van der Waals surface area contributed by atoms with Crippen molar-refractivity contribution in [1.82, 2.24) is 10.0 Å². The lowest BCUT2D eigenvalue weighted by molar-refractivity contribution is -0.121. The lowest BCUT2D eigenvalue weighted by Crippen LogP contribution is -2.32. The van der Waals surface area contributed by atoms with Crippen molar-refractivity contribution >= 4 is 21.7 Å². The zero-order chi connectivity index (χ0) is 21.6. The van der Waals surface area contributed by atoms with Crippen molar-refractivity contribution in [2.45, 2.75) is 51.0 Å². The van der Waals surface area contributed by atoms with E-state index in [0.29, 0.717) is 11.5 Å². The van der Waals surface area contributed by atoms with Crippen LogP contribution in [0.3, 0.4) is 0 Å². The van der Waals surface area contributed by atoms with Crippen LogP contribution in [0.25, 0.3) is 0 Å². The molecule has 1 atom stereocenters. The van der Waals surface area contributed by atoms with Gasteiger partial charge in [0.2, 0.25) is 15.9 Å². The largest absolute Gasteiger partial charge is 0.350 e. The molecule has 0 spiro atoms. The van der Waals surface area contributed by atoms with E-state index >= 15 is 0 Å². The van der Waals surface area contributed by atoms with Crippen LogP contribution >= 0.6 is 0 Å². The van der Waals surface area contributed by atoms with Crippen LogP contribution in [-0.4, -0.2) is 26.7 Å². The first-order valence-electron chi connectivity index (χ1n) is 9.60. The predicted molar refractivity (Wildman–Crippen MR) is 113 cm³/mol. The minimum absolute atomic E-state index is 0.00391. The summed E-state index contributed by atoms with van der Waals surface area (Å²) in [4.78, 5) is 23.6. The first-order chi connectivity index (χ1) is 13.6. The molecule has 2 aromatic rings. The second kappa shape index (κ2) is 9.80. The Morgan fingerprint density at radius 2 is 1.59 bits per heavy atom. The Labute approximate surface area is 172 Å². The molecule has 0 unspecified atom stereocenters. The van der Waals surface area contributed by atoms with E-state index in [4.69, 9.17) is 0 Å². The molecule has 0 aliphatic rings. The van der Waals surface area contributed by atoms with Crippen molar-refractivity contribution in [1.29, 1.82) is 0 Å². The van der Waals surface area contributed by atoms with Crippen LogP contribution in [0.15, 0.2) is 53.4 Å². The van der Waals surface area contributed by atoms with Crippen LogP contribution in [-0.2, 0) is 14.8 Å². The predicted octanol–water partition coefficient (Wildman–Crippen LogP) is 3.56. The quantitative estimate of drug-likeness (QED) is 0.612. The summed E-state index contributed by atoms with van der Waals surface area (Å²) in [5.41, 5.74) is 2.54. The van der Waals surface area contributed by atoms with Gasteiger partial charge >= 0.3 is 0 Å². The maximum atomic E-state index is 12.4. The van der Waals surface area contributed by atoms with E-state index < -0.39 is 10.0 Å². The third kappa shape index (κ3) is 6.51. The van der Waals surface area contributed by atoms with E-state index in [9.17, 15) is 18.0 Å². The van der Waals surface area contributed by atoms with E-state index in [1.807, 2.05) is 31.2 Å². The van der Waals surface area contributed by atoms with Crippen molar-refractivity contribution in [3.8, 4) is 0 Å². The number of ketones is 1. The van der Waals surface area contributed by atoms with Crippen LogP contribution in [0.5, 0.6) is 0 Å². The van der Waals surface area contributed by atoms with Gasteiger partial charge in [0, 0.05) is 18.5 Å². The topological polar surface area (TPSA) is 92.3 Å². The Morgan fingerprint density at radius 1 is 0.966 bits per heavy atom. The van der Waals surface area contributed by atoms with Gasteiger partial charge in [0.15, 0.2) is 5.78 Å². The van der Waals surface area contributed by atoms with E-state index in [1.165, 1.54) is 30.7 Å². The molecule has 2 N–H and O–H groups in total. The first-order valence-corrected chi connectivity index (χ1v) is 11.1. The summed E-state index contributed by atoms with van der Waals surface area (Å²) >= 11 is 0. The number of Topliss-reactive ketones (excluding diaryl/α,β-unsaturated/α-hetero) is 1. The second-order valence-corrected chi connectivity index (χ2v) is 9.11. The van der Waals surface area contributed by atoms with E-state index in [1.54, 1.807) is 6.07 Å². The molecule has 6 nitrogen and oxygen atoms in total. The molecule has 2 rings (SSSR count). The van der Waals surface area contributed by atoms with E-state index in [0.717, 1.165) is 5.56 Å². The summed E-state index contributed by atoms with van der Waals surface area (Å²) in [6, 6.07) is 13.7. The molecule has 1 amide bonds. The lowest BCUT2D eigenvalue weighted by Gasteiger charge is -2.16. The Bertz CT molecular complexity index is 967. The number of carbonyl (C=O) groups is 2. The molecule has 0 bridgehead atoms. The standard InChI is InChI=1S/C22H28N2O4S/c1-15(2)18-8-10-19(11-9-18)16(3)24-22(26)12-13-23-29(27,28)21-7-5-6-20(14-21)17(4)25/h5-11,14-16,23H,12-13H2,1-4H3,(H,24,26)/t16-/m0/s1.